The third-order valence-corrected chi connectivity index (χ3v) is 6.26. The highest BCUT2D eigenvalue weighted by Gasteiger charge is 2.56. The van der Waals surface area contributed by atoms with E-state index in [4.69, 9.17) is 9.26 Å². The Morgan fingerprint density at radius 3 is 2.32 bits per heavy atom. The Bertz CT molecular complexity index is 810. The zero-order valence-electron chi connectivity index (χ0n) is 19.3. The van der Waals surface area contributed by atoms with E-state index in [1.807, 2.05) is 19.1 Å². The van der Waals surface area contributed by atoms with Crippen LogP contribution in [0.3, 0.4) is 0 Å². The predicted molar refractivity (Wildman–Crippen MR) is 123 cm³/mol. The topological polar surface area (TPSA) is 65.2 Å². The maximum absolute atomic E-state index is 12.3. The second kappa shape index (κ2) is 12.0. The number of nitrogens with zero attached hydrogens (tertiary/aromatic N) is 2. The standard InChI is InChI=1S/C26H38N2O3/c1-3-5-6-7-8-9-10-11-12-13-15-21-16-14-17-22(20-21)23-27-24(28-31-23)26(18-19-26)25(29)30-4-2/h14,16-17,20H,3-13,15,18-19H2,1-2H3. The highest BCUT2D eigenvalue weighted by atomic mass is 16.5. The lowest BCUT2D eigenvalue weighted by Gasteiger charge is -2.08. The predicted octanol–water partition coefficient (Wildman–Crippen LogP) is 6.79. The van der Waals surface area contributed by atoms with Gasteiger partial charge in [0, 0.05) is 5.56 Å². The van der Waals surface area contributed by atoms with E-state index < -0.39 is 5.41 Å². The van der Waals surface area contributed by atoms with Crippen LogP contribution >= 0.6 is 0 Å². The summed E-state index contributed by atoms with van der Waals surface area (Å²) in [6, 6.07) is 8.33. The van der Waals surface area contributed by atoms with Crippen molar-refractivity contribution in [3.05, 3.63) is 35.7 Å². The Labute approximate surface area is 187 Å². The molecule has 0 radical (unpaired) electrons. The Morgan fingerprint density at radius 2 is 1.68 bits per heavy atom. The number of rotatable bonds is 15. The first-order valence-corrected chi connectivity index (χ1v) is 12.3. The molecule has 1 heterocycles. The van der Waals surface area contributed by atoms with Crippen molar-refractivity contribution in [2.24, 2.45) is 0 Å². The van der Waals surface area contributed by atoms with Crippen LogP contribution in [0, 0.1) is 0 Å². The van der Waals surface area contributed by atoms with E-state index in [-0.39, 0.29) is 5.97 Å². The van der Waals surface area contributed by atoms with Crippen LogP contribution in [0.5, 0.6) is 0 Å². The van der Waals surface area contributed by atoms with Crippen molar-refractivity contribution in [2.75, 3.05) is 6.61 Å². The van der Waals surface area contributed by atoms with Gasteiger partial charge in [-0.3, -0.25) is 4.79 Å². The molecule has 5 nitrogen and oxygen atoms in total. The van der Waals surface area contributed by atoms with Crippen molar-refractivity contribution in [3.63, 3.8) is 0 Å². The number of carbonyl (C=O) groups excluding carboxylic acids is 1. The summed E-state index contributed by atoms with van der Waals surface area (Å²) in [4.78, 5) is 16.8. The van der Waals surface area contributed by atoms with Crippen LogP contribution in [0.15, 0.2) is 28.8 Å². The van der Waals surface area contributed by atoms with Gasteiger partial charge in [0.2, 0.25) is 0 Å². The molecule has 0 spiro atoms. The van der Waals surface area contributed by atoms with Crippen molar-refractivity contribution in [2.45, 2.75) is 103 Å². The summed E-state index contributed by atoms with van der Waals surface area (Å²) in [6.45, 7) is 4.45. The van der Waals surface area contributed by atoms with E-state index in [9.17, 15) is 4.79 Å². The molecule has 0 saturated heterocycles. The third-order valence-electron chi connectivity index (χ3n) is 6.26. The van der Waals surface area contributed by atoms with Crippen molar-refractivity contribution in [3.8, 4) is 11.5 Å². The van der Waals surface area contributed by atoms with Crippen molar-refractivity contribution in [1.82, 2.24) is 10.1 Å². The van der Waals surface area contributed by atoms with Crippen LogP contribution in [0.1, 0.15) is 102 Å². The molecule has 0 aliphatic heterocycles. The number of esters is 1. The average Bonchev–Trinajstić information content (AvgIpc) is 3.45. The lowest BCUT2D eigenvalue weighted by atomic mass is 10.0. The molecular formula is C26H38N2O3. The van der Waals surface area contributed by atoms with Gasteiger partial charge in [-0.05, 0) is 50.3 Å². The van der Waals surface area contributed by atoms with Gasteiger partial charge in [0.05, 0.1) is 6.61 Å². The van der Waals surface area contributed by atoms with Gasteiger partial charge >= 0.3 is 5.97 Å². The van der Waals surface area contributed by atoms with Gasteiger partial charge in [-0.25, -0.2) is 0 Å². The summed E-state index contributed by atoms with van der Waals surface area (Å²) in [7, 11) is 0. The maximum Gasteiger partial charge on any atom is 0.319 e. The Morgan fingerprint density at radius 1 is 1.00 bits per heavy atom. The molecule has 5 heteroatoms. The molecule has 3 rings (SSSR count). The smallest absolute Gasteiger partial charge is 0.319 e. The number of aromatic nitrogens is 2. The van der Waals surface area contributed by atoms with Crippen LogP contribution < -0.4 is 0 Å². The monoisotopic (exact) mass is 426 g/mol. The van der Waals surface area contributed by atoms with Crippen LogP contribution in [0.25, 0.3) is 11.5 Å². The number of hydrogen-bond donors (Lipinski definition) is 0. The molecule has 0 atom stereocenters. The highest BCUT2D eigenvalue weighted by molar-refractivity contribution is 5.85. The van der Waals surface area contributed by atoms with E-state index >= 15 is 0 Å². The summed E-state index contributed by atoms with van der Waals surface area (Å²) in [5.74, 6) is 0.702. The Kier molecular flexibility index (Phi) is 9.11. The SMILES string of the molecule is CCCCCCCCCCCCc1cccc(-c2nc(C3(C(=O)OCC)CC3)no2)c1. The maximum atomic E-state index is 12.3. The fraction of sp³-hybridized carbons (Fsp3) is 0.654. The summed E-state index contributed by atoms with van der Waals surface area (Å²) in [5, 5.41) is 4.10. The van der Waals surface area contributed by atoms with Crippen LogP contribution in [-0.2, 0) is 21.4 Å². The van der Waals surface area contributed by atoms with E-state index in [0.29, 0.717) is 18.3 Å². The molecular weight excluding hydrogens is 388 g/mol. The second-order valence-corrected chi connectivity index (χ2v) is 8.86. The molecule has 1 aliphatic rings. The average molecular weight is 427 g/mol. The Balaban J connectivity index is 1.43. The lowest BCUT2D eigenvalue weighted by molar-refractivity contribution is -0.146. The largest absolute Gasteiger partial charge is 0.465 e. The Hall–Kier alpha value is -2.17. The van der Waals surface area contributed by atoms with Gasteiger partial charge < -0.3 is 9.26 Å². The minimum absolute atomic E-state index is 0.239. The molecule has 0 unspecified atom stereocenters. The summed E-state index contributed by atoms with van der Waals surface area (Å²) in [5.41, 5.74) is 1.53. The lowest BCUT2D eigenvalue weighted by Crippen LogP contribution is -2.24. The number of aryl methyl sites for hydroxylation is 1. The number of carbonyl (C=O) groups is 1. The molecule has 170 valence electrons. The second-order valence-electron chi connectivity index (χ2n) is 8.86. The molecule has 1 fully saturated rings. The van der Waals surface area contributed by atoms with E-state index in [1.165, 1.54) is 69.8 Å². The van der Waals surface area contributed by atoms with Crippen molar-refractivity contribution >= 4 is 5.97 Å². The number of unbranched alkanes of at least 4 members (excludes halogenated alkanes) is 9. The van der Waals surface area contributed by atoms with Crippen LogP contribution in [0.2, 0.25) is 0 Å². The van der Waals surface area contributed by atoms with E-state index in [0.717, 1.165) is 24.8 Å². The summed E-state index contributed by atoms with van der Waals surface area (Å²) < 4.78 is 10.7. The van der Waals surface area contributed by atoms with Crippen LogP contribution in [0.4, 0.5) is 0 Å². The van der Waals surface area contributed by atoms with Crippen molar-refractivity contribution < 1.29 is 14.1 Å². The summed E-state index contributed by atoms with van der Waals surface area (Å²) >= 11 is 0. The van der Waals surface area contributed by atoms with Gasteiger partial charge in [0.1, 0.15) is 5.41 Å². The molecule has 1 aromatic heterocycles. The first kappa shape index (κ1) is 23.5. The molecule has 1 saturated carbocycles. The zero-order chi connectivity index (χ0) is 21.9. The molecule has 31 heavy (non-hydrogen) atoms. The van der Waals surface area contributed by atoms with Gasteiger partial charge in [0.25, 0.3) is 5.89 Å². The third kappa shape index (κ3) is 6.65. The quantitative estimate of drug-likeness (QED) is 0.231. The first-order chi connectivity index (χ1) is 15.2. The number of ether oxygens (including phenoxy) is 1. The fourth-order valence-corrected chi connectivity index (χ4v) is 4.12. The van der Waals surface area contributed by atoms with Gasteiger partial charge in [-0.15, -0.1) is 0 Å². The highest BCUT2D eigenvalue weighted by Crippen LogP contribution is 2.48. The first-order valence-electron chi connectivity index (χ1n) is 12.3. The van der Waals surface area contributed by atoms with Gasteiger partial charge in [-0.2, -0.15) is 4.98 Å². The van der Waals surface area contributed by atoms with E-state index in [2.05, 4.69) is 29.2 Å². The molecule has 0 bridgehead atoms. The molecule has 1 aromatic carbocycles. The molecule has 0 N–H and O–H groups in total. The van der Waals surface area contributed by atoms with Gasteiger partial charge in [-0.1, -0.05) is 82.0 Å². The summed E-state index contributed by atoms with van der Waals surface area (Å²) in [6.07, 6.45) is 16.0. The number of benzene rings is 1. The molecule has 2 aromatic rings. The minimum Gasteiger partial charge on any atom is -0.465 e. The molecule has 0 amide bonds. The van der Waals surface area contributed by atoms with Crippen molar-refractivity contribution in [1.29, 1.82) is 0 Å². The van der Waals surface area contributed by atoms with Crippen LogP contribution in [-0.4, -0.2) is 22.7 Å². The number of hydrogen-bond acceptors (Lipinski definition) is 5. The fourth-order valence-electron chi connectivity index (χ4n) is 4.12. The zero-order valence-corrected chi connectivity index (χ0v) is 19.3. The van der Waals surface area contributed by atoms with E-state index in [1.54, 1.807) is 0 Å². The van der Waals surface area contributed by atoms with Gasteiger partial charge in [0.15, 0.2) is 5.82 Å². The minimum atomic E-state index is -0.689. The normalized spacial score (nSPS) is 14.5. The molecule has 1 aliphatic carbocycles.